The van der Waals surface area contributed by atoms with Crippen LogP contribution in [0.3, 0.4) is 0 Å². The molecule has 12 aliphatic heterocycles. The molecule has 4 saturated carbocycles. The molecule has 0 radical (unpaired) electrons. The van der Waals surface area contributed by atoms with E-state index in [2.05, 4.69) is 85.7 Å². The Morgan fingerprint density at radius 2 is 0.868 bits per heavy atom. The van der Waals surface area contributed by atoms with E-state index in [1.807, 2.05) is 36.4 Å². The summed E-state index contributed by atoms with van der Waals surface area (Å²) in [6, 6.07) is 23.4. The number of methoxy groups -OCH3 is 7. The summed E-state index contributed by atoms with van der Waals surface area (Å²) < 4.78 is 39.2. The Morgan fingerprint density at radius 1 is 0.456 bits per heavy atom. The highest BCUT2D eigenvalue weighted by atomic mass is 35.5. The van der Waals surface area contributed by atoms with Crippen LogP contribution in [0.4, 0.5) is 14.4 Å². The zero-order chi connectivity index (χ0) is 80.3. The number of aromatic hydroxyl groups is 2. The number of phenolic OH excluding ortho intramolecular Hbond substituents is 2. The number of phenols is 2. The number of nitrogens with one attached hydrogen (secondary N) is 2. The summed E-state index contributed by atoms with van der Waals surface area (Å²) in [7, 11) is 10.3. The van der Waals surface area contributed by atoms with Crippen molar-refractivity contribution in [2.45, 2.75) is 177 Å². The van der Waals surface area contributed by atoms with Crippen LogP contribution in [-0.2, 0) is 80.0 Å². The van der Waals surface area contributed by atoms with E-state index >= 15 is 0 Å². The van der Waals surface area contributed by atoms with Crippen LogP contribution in [0.1, 0.15) is 156 Å². The molecule has 0 spiro atoms. The van der Waals surface area contributed by atoms with Gasteiger partial charge in [-0.1, -0.05) is 53.4 Å². The minimum atomic E-state index is -1.16. The zero-order valence-corrected chi connectivity index (χ0v) is 68.4. The van der Waals surface area contributed by atoms with Crippen molar-refractivity contribution in [2.75, 3.05) is 102 Å². The number of carbonyl (C=O) groups is 6. The summed E-state index contributed by atoms with van der Waals surface area (Å²) in [5.41, 5.74) is 8.81. The lowest BCUT2D eigenvalue weighted by atomic mass is 9.56. The van der Waals surface area contributed by atoms with Gasteiger partial charge in [-0.3, -0.25) is 34.0 Å². The summed E-state index contributed by atoms with van der Waals surface area (Å²) >= 11 is 4.60. The number of esters is 2. The summed E-state index contributed by atoms with van der Waals surface area (Å²) in [5.74, 6) is 5.78. The highest BCUT2D eigenvalue weighted by molar-refractivity contribution is 6.61. The Hall–Kier alpha value is -8.81. The van der Waals surface area contributed by atoms with Gasteiger partial charge < -0.3 is 58.4 Å². The van der Waals surface area contributed by atoms with Gasteiger partial charge >= 0.3 is 35.5 Å². The number of aromatic amines is 2. The van der Waals surface area contributed by atoms with E-state index in [0.717, 1.165) is 171 Å². The summed E-state index contributed by atoms with van der Waals surface area (Å²) in [6.07, 6.45) is 15.1. The third-order valence-corrected chi connectivity index (χ3v) is 29.5. The standard InChI is InChI=1S/C24H30N2O5.C22H26N2O5.C22H28N2O3.C19H24N2O.C2H3ClO2/c1-5-15-10-14-12-24(22(27)30-3)20(15)25(13-14)9-8-17-18-11-16(29-2)6-7-19(18)26(21(17)24)23(28)31-4;1-3-13-8-12-10-22(20(26)27)18(13)23(11-12)7-6-15-16-9-14(25)4-5-17(16)24(19(15)22)21(28)29-2;1-4-14-9-13-11-22(21(25)27-3)19-16(7-8-24(12-13)20(14)22)17-10-15(26-2)5-6-18(17)23-19;1-2-12-7-11-8-16-18-14(5-6-21(10-11)19(12)16)15-9-13(22)3-4-17(15)20-18;1-5-2(3)4/h6-7,11,14-15,20H,5,8-10,12-13H2,1-4H3;4-5,9,12-13,18,25H,3,6-8,10-11H2,1-2H3,(H,26,27);5-6,10,13-14,20,23H,4,7-9,11-12H2,1-3H3;3-4,9,11-12,16,19-20,22H,2,5-8,10H2,1H3;1H3/t14-,15?,20?,24-;12-,13?,18?,22-;13-,14?,20?,22+;11-,12?,16-,19?;/m0000./s1. The lowest BCUT2D eigenvalue weighted by Gasteiger charge is -2.58. The smallest absolute Gasteiger partial charge is 0.418 e. The maximum Gasteiger partial charge on any atom is 0.418 e. The summed E-state index contributed by atoms with van der Waals surface area (Å²) in [5, 5.41) is 34.7. The molecule has 8 aromatic rings. The predicted molar refractivity (Wildman–Crippen MR) is 432 cm³/mol. The van der Waals surface area contributed by atoms with Gasteiger partial charge in [0.2, 0.25) is 0 Å². The van der Waals surface area contributed by atoms with Crippen molar-refractivity contribution >= 4 is 90.7 Å². The normalized spacial score (nSPS) is 32.2. The largest absolute Gasteiger partial charge is 0.508 e. The number of fused-ring (bicyclic) bond motifs is 16. The van der Waals surface area contributed by atoms with Crippen molar-refractivity contribution in [2.24, 2.45) is 47.3 Å². The summed E-state index contributed by atoms with van der Waals surface area (Å²) in [4.78, 5) is 93.1. The highest BCUT2D eigenvalue weighted by Gasteiger charge is 2.67. The van der Waals surface area contributed by atoms with Gasteiger partial charge in [0, 0.05) is 138 Å². The summed E-state index contributed by atoms with van der Waals surface area (Å²) in [6.45, 7) is 17.1. The molecule has 12 fully saturated rings. The molecule has 24 rings (SSSR count). The number of rotatable bonds is 9. The molecule has 4 aliphatic carbocycles. The van der Waals surface area contributed by atoms with Gasteiger partial charge in [-0.05, 0) is 219 Å². The second kappa shape index (κ2) is 31.0. The monoisotopic (exact) mass is 1580 g/mol. The maximum absolute atomic E-state index is 13.7. The Morgan fingerprint density at radius 3 is 1.40 bits per heavy atom. The van der Waals surface area contributed by atoms with Crippen molar-refractivity contribution in [3.8, 4) is 23.0 Å². The molecule has 114 heavy (non-hydrogen) atoms. The Kier molecular flexibility index (Phi) is 21.5. The van der Waals surface area contributed by atoms with Gasteiger partial charge in [0.25, 0.3) is 0 Å². The SMILES string of the molecule is CCC1C[C@@H]2CN3CCc4c([nH]c5ccc(OC)cc45)[C@](C(=O)OC)(C2)C13.CCC1C[C@@H]2CN3CCc4c(n(C(=O)OC)c5ccc(O)cc45)[C@](C(=O)O)(C2)C13.CCC1C[C@@H]2CN3CCc4c(n(C(=O)OC)c5ccc(OC)cc45)[C@](C(=O)OC)(C2)C13.CCC1C[C@H]2C[C@H]3c4[nH]c5ccc(O)cc5c4CCN(C2)C13.COC(=O)Cl. The number of carboxylic acid groups (broad SMARTS) is 1. The van der Waals surface area contributed by atoms with Crippen molar-refractivity contribution < 1.29 is 77.2 Å². The van der Waals surface area contributed by atoms with Crippen LogP contribution < -0.4 is 9.47 Å². The first-order valence-corrected chi connectivity index (χ1v) is 41.8. The number of carboxylic acids is 1. The van der Waals surface area contributed by atoms with E-state index in [1.165, 1.54) is 111 Å². The topological polar surface area (TPSA) is 282 Å². The average Bonchev–Trinajstić information content (AvgIpc) is 1.49. The molecule has 16 heterocycles. The van der Waals surface area contributed by atoms with Gasteiger partial charge in [-0.15, -0.1) is 0 Å². The number of carbonyl (C=O) groups excluding carboxylic acids is 5. The Balaban J connectivity index is 0.000000113. The lowest BCUT2D eigenvalue weighted by Crippen LogP contribution is -2.67. The fourth-order valence-corrected chi connectivity index (χ4v) is 25.6. The zero-order valence-electron chi connectivity index (χ0n) is 67.6. The van der Waals surface area contributed by atoms with E-state index in [4.69, 9.17) is 28.4 Å². The number of benzene rings is 4. The highest BCUT2D eigenvalue weighted by Crippen LogP contribution is 2.61. The van der Waals surface area contributed by atoms with E-state index in [9.17, 15) is 44.1 Å². The van der Waals surface area contributed by atoms with Crippen LogP contribution in [0.2, 0.25) is 0 Å². The number of H-pyrrole nitrogens is 2. The molecule has 610 valence electrons. The number of ether oxygens (including phenoxy) is 7. The number of halogens is 1. The predicted octanol–water partition coefficient (Wildman–Crippen LogP) is 14.2. The maximum atomic E-state index is 13.7. The number of aromatic nitrogens is 4. The Labute approximate surface area is 670 Å². The first-order valence-electron chi connectivity index (χ1n) is 41.4. The first kappa shape index (κ1) is 79.0. The van der Waals surface area contributed by atoms with Gasteiger partial charge in [-0.2, -0.15) is 0 Å². The number of hydrogen-bond acceptors (Lipinski definition) is 19. The second-order valence-corrected chi connectivity index (χ2v) is 34.8. The molecule has 4 aromatic heterocycles. The molecule has 16 aliphatic rings. The third-order valence-electron chi connectivity index (χ3n) is 29.4. The minimum Gasteiger partial charge on any atom is -0.508 e. The fraction of sp³-hybridized carbons (Fsp3) is 0.573. The van der Waals surface area contributed by atoms with E-state index < -0.39 is 39.8 Å². The van der Waals surface area contributed by atoms with Crippen molar-refractivity contribution in [3.05, 3.63) is 118 Å². The van der Waals surface area contributed by atoms with Crippen LogP contribution in [-0.4, -0.2) is 216 Å². The number of nitrogens with zero attached hydrogens (tertiary/aromatic N) is 6. The van der Waals surface area contributed by atoms with E-state index in [1.54, 1.807) is 44.1 Å². The van der Waals surface area contributed by atoms with Crippen molar-refractivity contribution in [1.29, 1.82) is 0 Å². The second-order valence-electron chi connectivity index (χ2n) is 34.5. The third kappa shape index (κ3) is 12.5. The van der Waals surface area contributed by atoms with Crippen LogP contribution in [0.25, 0.3) is 43.6 Å². The van der Waals surface area contributed by atoms with Crippen LogP contribution in [0.15, 0.2) is 72.8 Å². The van der Waals surface area contributed by atoms with Crippen molar-refractivity contribution in [1.82, 2.24) is 38.7 Å². The van der Waals surface area contributed by atoms with E-state index in [0.29, 0.717) is 71.7 Å². The van der Waals surface area contributed by atoms with Gasteiger partial charge in [-0.25, -0.2) is 23.5 Å². The van der Waals surface area contributed by atoms with Gasteiger partial charge in [0.05, 0.1) is 72.2 Å². The van der Waals surface area contributed by atoms with Crippen molar-refractivity contribution in [3.63, 3.8) is 0 Å². The molecule has 4 aromatic carbocycles. The Bertz CT molecular complexity index is 5080. The lowest BCUT2D eigenvalue weighted by molar-refractivity contribution is -0.163. The molecule has 8 saturated heterocycles. The van der Waals surface area contributed by atoms with Crippen LogP contribution in [0, 0.1) is 47.3 Å². The molecular weight excluding hydrogens is 1470 g/mol. The minimum absolute atomic E-state index is 0.0193. The number of aliphatic carboxylic acids is 1. The number of hydrogen-bond donors (Lipinski definition) is 5. The molecule has 5 N–H and O–H groups in total. The molecule has 12 unspecified atom stereocenters. The average molecular weight is 1580 g/mol. The molecular formula is C89H111ClN8O16. The molecule has 0 amide bonds. The van der Waals surface area contributed by atoms with E-state index in [-0.39, 0.29) is 41.7 Å². The van der Waals surface area contributed by atoms with Crippen LogP contribution in [0.5, 0.6) is 23.0 Å². The first-order chi connectivity index (χ1) is 55.0. The number of piperidine rings is 8. The fourth-order valence-electron chi connectivity index (χ4n) is 25.6. The molecule has 16 bridgehead atoms. The van der Waals surface area contributed by atoms with Crippen LogP contribution >= 0.6 is 11.6 Å². The molecule has 20 atom stereocenters. The van der Waals surface area contributed by atoms with Gasteiger partial charge in [0.15, 0.2) is 0 Å². The quantitative estimate of drug-likeness (QED) is 0.0510. The molecule has 25 heteroatoms. The molecule has 24 nitrogen and oxygen atoms in total. The van der Waals surface area contributed by atoms with Gasteiger partial charge in [0.1, 0.15) is 39.2 Å².